The molecule has 8 heteroatoms. The Morgan fingerprint density at radius 2 is 1.71 bits per heavy atom. The van der Waals surface area contributed by atoms with Crippen LogP contribution < -0.4 is 5.32 Å². The van der Waals surface area contributed by atoms with Crippen molar-refractivity contribution in [1.82, 2.24) is 0 Å². The molecule has 116 valence electrons. The van der Waals surface area contributed by atoms with E-state index in [1.54, 1.807) is 0 Å². The normalized spacial score (nSPS) is 32.7. The fourth-order valence-electron chi connectivity index (χ4n) is 2.09. The summed E-state index contributed by atoms with van der Waals surface area (Å²) < 4.78 is 5.27. The van der Waals surface area contributed by atoms with Gasteiger partial charge in [-0.2, -0.15) is 0 Å². The monoisotopic (exact) mass is 299 g/mol. The number of nitrogens with one attached hydrogen (secondary N) is 1. The molecular weight excluding hydrogens is 282 g/mol. The number of carboxylic acid groups (broad SMARTS) is 1. The molecule has 6 N–H and O–H groups in total. The van der Waals surface area contributed by atoms with Crippen molar-refractivity contribution < 1.29 is 35.1 Å². The minimum Gasteiger partial charge on any atom is -0.478 e. The van der Waals surface area contributed by atoms with Crippen molar-refractivity contribution in [1.29, 1.82) is 0 Å². The van der Waals surface area contributed by atoms with Crippen LogP contribution in [0.25, 0.3) is 0 Å². The molecular formula is C13H17NO7. The van der Waals surface area contributed by atoms with Crippen LogP contribution in [0.2, 0.25) is 0 Å². The van der Waals surface area contributed by atoms with Crippen LogP contribution in [0, 0.1) is 0 Å². The Kier molecular flexibility index (Phi) is 4.76. The van der Waals surface area contributed by atoms with Gasteiger partial charge >= 0.3 is 5.97 Å². The Hall–Kier alpha value is -1.71. The average Bonchev–Trinajstić information content (AvgIpc) is 2.48. The van der Waals surface area contributed by atoms with Crippen molar-refractivity contribution in [2.75, 3.05) is 11.9 Å². The first-order valence-electron chi connectivity index (χ1n) is 6.34. The summed E-state index contributed by atoms with van der Waals surface area (Å²) in [6, 6.07) is 5.69. The lowest BCUT2D eigenvalue weighted by atomic mass is 9.98. The molecule has 0 aromatic heterocycles. The summed E-state index contributed by atoms with van der Waals surface area (Å²) in [5, 5.41) is 49.8. The molecule has 2 rings (SSSR count). The predicted octanol–water partition coefficient (Wildman–Crippen LogP) is -1.40. The first kappa shape index (κ1) is 15.7. The average molecular weight is 299 g/mol. The number of anilines is 1. The molecule has 0 saturated carbocycles. The van der Waals surface area contributed by atoms with E-state index in [0.717, 1.165) is 0 Å². The molecule has 1 fully saturated rings. The summed E-state index contributed by atoms with van der Waals surface area (Å²) >= 11 is 0. The van der Waals surface area contributed by atoms with Gasteiger partial charge in [-0.05, 0) is 24.3 Å². The number of hydrogen-bond donors (Lipinski definition) is 6. The maximum Gasteiger partial charge on any atom is 0.335 e. The third kappa shape index (κ3) is 3.31. The standard InChI is InChI=1S/C13H17NO7/c15-5-8-9(16)10(17)11(18)12(21-8)14-7-3-1-6(2-4-7)13(19)20/h1-4,8-12,14-18H,5H2,(H,19,20)/t8-,9-,10+,11+,12?/m1/s1. The second kappa shape index (κ2) is 6.37. The number of ether oxygens (including phenoxy) is 1. The van der Waals surface area contributed by atoms with E-state index in [1.807, 2.05) is 0 Å². The number of carboxylic acids is 1. The van der Waals surface area contributed by atoms with E-state index in [0.29, 0.717) is 5.69 Å². The van der Waals surface area contributed by atoms with Gasteiger partial charge in [0.25, 0.3) is 0 Å². The van der Waals surface area contributed by atoms with Crippen LogP contribution in [0.3, 0.4) is 0 Å². The van der Waals surface area contributed by atoms with Gasteiger partial charge in [0.05, 0.1) is 12.2 Å². The number of rotatable bonds is 4. The largest absolute Gasteiger partial charge is 0.478 e. The molecule has 0 radical (unpaired) electrons. The van der Waals surface area contributed by atoms with E-state index in [2.05, 4.69) is 5.32 Å². The number of aliphatic hydroxyl groups excluding tert-OH is 4. The van der Waals surface area contributed by atoms with E-state index < -0.39 is 43.2 Å². The lowest BCUT2D eigenvalue weighted by molar-refractivity contribution is -0.221. The third-order valence-corrected chi connectivity index (χ3v) is 3.33. The Balaban J connectivity index is 2.08. The maximum atomic E-state index is 10.7. The Labute approximate surface area is 120 Å². The number of aliphatic hydroxyl groups is 4. The van der Waals surface area contributed by atoms with Crippen LogP contribution in [0.15, 0.2) is 24.3 Å². The quantitative estimate of drug-likeness (QED) is 0.399. The van der Waals surface area contributed by atoms with Gasteiger partial charge in [0, 0.05) is 5.69 Å². The molecule has 21 heavy (non-hydrogen) atoms. The van der Waals surface area contributed by atoms with Crippen LogP contribution in [0.1, 0.15) is 10.4 Å². The highest BCUT2D eigenvalue weighted by Crippen LogP contribution is 2.23. The minimum absolute atomic E-state index is 0.106. The summed E-state index contributed by atoms with van der Waals surface area (Å²) in [6.07, 6.45) is -6.33. The van der Waals surface area contributed by atoms with Gasteiger partial charge in [-0.15, -0.1) is 0 Å². The van der Waals surface area contributed by atoms with Gasteiger partial charge < -0.3 is 35.6 Å². The molecule has 0 aliphatic carbocycles. The molecule has 0 amide bonds. The topological polar surface area (TPSA) is 139 Å². The molecule has 1 aromatic carbocycles. The number of aromatic carboxylic acids is 1. The molecule has 8 nitrogen and oxygen atoms in total. The van der Waals surface area contributed by atoms with Gasteiger partial charge in [0.2, 0.25) is 0 Å². The van der Waals surface area contributed by atoms with Crippen LogP contribution in [0.5, 0.6) is 0 Å². The third-order valence-electron chi connectivity index (χ3n) is 3.33. The smallest absolute Gasteiger partial charge is 0.335 e. The lowest BCUT2D eigenvalue weighted by Crippen LogP contribution is -2.60. The van der Waals surface area contributed by atoms with Crippen molar-refractivity contribution in [3.05, 3.63) is 29.8 Å². The second-order valence-electron chi connectivity index (χ2n) is 4.78. The summed E-state index contributed by atoms with van der Waals surface area (Å²) in [5.41, 5.74) is 0.568. The molecule has 1 unspecified atom stereocenters. The molecule has 0 bridgehead atoms. The summed E-state index contributed by atoms with van der Waals surface area (Å²) in [6.45, 7) is -0.513. The van der Waals surface area contributed by atoms with E-state index in [-0.39, 0.29) is 5.56 Å². The number of hydrogen-bond acceptors (Lipinski definition) is 7. The molecule has 1 aromatic rings. The van der Waals surface area contributed by atoms with Crippen molar-refractivity contribution in [3.8, 4) is 0 Å². The van der Waals surface area contributed by atoms with Gasteiger partial charge in [-0.3, -0.25) is 0 Å². The fourth-order valence-corrected chi connectivity index (χ4v) is 2.09. The van der Waals surface area contributed by atoms with Crippen molar-refractivity contribution in [2.45, 2.75) is 30.6 Å². The van der Waals surface area contributed by atoms with E-state index in [4.69, 9.17) is 14.9 Å². The highest BCUT2D eigenvalue weighted by molar-refractivity contribution is 5.87. The summed E-state index contributed by atoms with van der Waals surface area (Å²) in [5.74, 6) is -1.06. The minimum atomic E-state index is -1.47. The Bertz CT molecular complexity index is 490. The van der Waals surface area contributed by atoms with Crippen molar-refractivity contribution in [2.24, 2.45) is 0 Å². The maximum absolute atomic E-state index is 10.7. The zero-order valence-electron chi connectivity index (χ0n) is 11.0. The van der Waals surface area contributed by atoms with Crippen molar-refractivity contribution >= 4 is 11.7 Å². The molecule has 1 heterocycles. The Morgan fingerprint density at radius 3 is 2.24 bits per heavy atom. The second-order valence-corrected chi connectivity index (χ2v) is 4.78. The van der Waals surface area contributed by atoms with Gasteiger partial charge in [0.15, 0.2) is 6.23 Å². The first-order chi connectivity index (χ1) is 9.93. The highest BCUT2D eigenvalue weighted by atomic mass is 16.6. The molecule has 1 saturated heterocycles. The zero-order chi connectivity index (χ0) is 15.6. The van der Waals surface area contributed by atoms with Crippen LogP contribution in [0.4, 0.5) is 5.69 Å². The Morgan fingerprint density at radius 1 is 1.10 bits per heavy atom. The van der Waals surface area contributed by atoms with Crippen molar-refractivity contribution in [3.63, 3.8) is 0 Å². The highest BCUT2D eigenvalue weighted by Gasteiger charge is 2.43. The molecule has 5 atom stereocenters. The van der Waals surface area contributed by atoms with Crippen LogP contribution in [-0.4, -0.2) is 68.8 Å². The van der Waals surface area contributed by atoms with Crippen LogP contribution >= 0.6 is 0 Å². The summed E-state index contributed by atoms with van der Waals surface area (Å²) in [7, 11) is 0. The lowest BCUT2D eigenvalue weighted by Gasteiger charge is -2.40. The molecule has 0 spiro atoms. The van der Waals surface area contributed by atoms with E-state index in [9.17, 15) is 20.1 Å². The molecule has 1 aliphatic heterocycles. The van der Waals surface area contributed by atoms with Gasteiger partial charge in [-0.1, -0.05) is 0 Å². The van der Waals surface area contributed by atoms with Gasteiger partial charge in [-0.25, -0.2) is 4.79 Å². The predicted molar refractivity (Wildman–Crippen MR) is 70.8 cm³/mol. The number of benzene rings is 1. The van der Waals surface area contributed by atoms with E-state index in [1.165, 1.54) is 24.3 Å². The molecule has 1 aliphatic rings. The first-order valence-corrected chi connectivity index (χ1v) is 6.34. The van der Waals surface area contributed by atoms with E-state index >= 15 is 0 Å². The van der Waals surface area contributed by atoms with Gasteiger partial charge in [0.1, 0.15) is 24.4 Å². The van der Waals surface area contributed by atoms with Crippen LogP contribution in [-0.2, 0) is 4.74 Å². The zero-order valence-corrected chi connectivity index (χ0v) is 11.0. The summed E-state index contributed by atoms with van der Waals surface area (Å²) in [4.78, 5) is 10.7. The number of carbonyl (C=O) groups is 1. The SMILES string of the molecule is O=C(O)c1ccc(NC2O[C@H](CO)[C@@H](O)[C@H](O)[C@@H]2O)cc1. The fraction of sp³-hybridized carbons (Fsp3) is 0.462.